The third kappa shape index (κ3) is 2.51. The highest BCUT2D eigenvalue weighted by atomic mass is 79.9. The number of rotatable bonds is 2. The summed E-state index contributed by atoms with van der Waals surface area (Å²) in [6.07, 6.45) is 0. The van der Waals surface area contributed by atoms with E-state index in [9.17, 15) is 9.18 Å². The van der Waals surface area contributed by atoms with Gasteiger partial charge in [-0.05, 0) is 49.2 Å². The summed E-state index contributed by atoms with van der Waals surface area (Å²) in [6.45, 7) is 3.54. The molecule has 0 amide bonds. The number of aryl methyl sites for hydroxylation is 2. The van der Waals surface area contributed by atoms with Crippen LogP contribution in [0.25, 0.3) is 0 Å². The van der Waals surface area contributed by atoms with Gasteiger partial charge in [-0.25, -0.2) is 4.39 Å². The smallest absolute Gasteiger partial charge is 0.193 e. The average molecular weight is 307 g/mol. The van der Waals surface area contributed by atoms with Gasteiger partial charge in [-0.15, -0.1) is 0 Å². The van der Waals surface area contributed by atoms with Gasteiger partial charge in [0.15, 0.2) is 5.78 Å². The molecule has 3 heteroatoms. The van der Waals surface area contributed by atoms with Gasteiger partial charge in [0, 0.05) is 15.6 Å². The SMILES string of the molecule is Cc1ccc(C(=O)c2ccc(Br)cc2C)cc1F. The number of ketones is 1. The summed E-state index contributed by atoms with van der Waals surface area (Å²) in [5.74, 6) is -0.505. The van der Waals surface area contributed by atoms with E-state index in [1.165, 1.54) is 6.07 Å². The fourth-order valence-corrected chi connectivity index (χ4v) is 2.25. The lowest BCUT2D eigenvalue weighted by Gasteiger charge is -2.06. The minimum atomic E-state index is -0.351. The monoisotopic (exact) mass is 306 g/mol. The fourth-order valence-electron chi connectivity index (χ4n) is 1.77. The third-order valence-electron chi connectivity index (χ3n) is 2.87. The van der Waals surface area contributed by atoms with Crippen molar-refractivity contribution in [3.05, 3.63) is 68.9 Å². The maximum Gasteiger partial charge on any atom is 0.193 e. The van der Waals surface area contributed by atoms with E-state index in [-0.39, 0.29) is 11.6 Å². The summed E-state index contributed by atoms with van der Waals surface area (Å²) in [5.41, 5.74) is 2.39. The molecule has 0 saturated carbocycles. The first-order valence-corrected chi connectivity index (χ1v) is 6.35. The van der Waals surface area contributed by atoms with Crippen LogP contribution in [0.4, 0.5) is 4.39 Å². The van der Waals surface area contributed by atoms with Crippen LogP contribution in [0.15, 0.2) is 40.9 Å². The molecule has 92 valence electrons. The molecule has 0 atom stereocenters. The Kier molecular flexibility index (Phi) is 3.62. The van der Waals surface area contributed by atoms with Crippen LogP contribution >= 0.6 is 15.9 Å². The molecule has 0 aliphatic rings. The van der Waals surface area contributed by atoms with Gasteiger partial charge in [0.05, 0.1) is 0 Å². The molecule has 18 heavy (non-hydrogen) atoms. The van der Waals surface area contributed by atoms with E-state index >= 15 is 0 Å². The summed E-state index contributed by atoms with van der Waals surface area (Å²) in [5, 5.41) is 0. The number of hydrogen-bond donors (Lipinski definition) is 0. The standard InChI is InChI=1S/C15H12BrFO/c1-9-3-4-11(8-14(9)17)15(18)13-6-5-12(16)7-10(13)2/h3-8H,1-2H3. The first kappa shape index (κ1) is 13.0. The Hall–Kier alpha value is -1.48. The molecule has 0 aromatic heterocycles. The first-order valence-electron chi connectivity index (χ1n) is 5.56. The molecule has 0 bridgehead atoms. The summed E-state index contributed by atoms with van der Waals surface area (Å²) in [4.78, 5) is 12.3. The van der Waals surface area contributed by atoms with E-state index in [1.807, 2.05) is 19.1 Å². The van der Waals surface area contributed by atoms with Crippen LogP contribution in [0.1, 0.15) is 27.0 Å². The van der Waals surface area contributed by atoms with Gasteiger partial charge in [0.2, 0.25) is 0 Å². The van der Waals surface area contributed by atoms with Crippen LogP contribution < -0.4 is 0 Å². The van der Waals surface area contributed by atoms with Gasteiger partial charge in [0.25, 0.3) is 0 Å². The van der Waals surface area contributed by atoms with Gasteiger partial charge in [0.1, 0.15) is 5.82 Å². The van der Waals surface area contributed by atoms with Gasteiger partial charge < -0.3 is 0 Å². The minimum Gasteiger partial charge on any atom is -0.289 e. The van der Waals surface area contributed by atoms with Crippen LogP contribution in [0.5, 0.6) is 0 Å². The average Bonchev–Trinajstić information content (AvgIpc) is 2.32. The topological polar surface area (TPSA) is 17.1 Å². The molecule has 0 radical (unpaired) electrons. The Morgan fingerprint density at radius 3 is 2.39 bits per heavy atom. The Labute approximate surface area is 114 Å². The minimum absolute atomic E-state index is 0.154. The van der Waals surface area contributed by atoms with Crippen LogP contribution in [0, 0.1) is 19.7 Å². The summed E-state index contributed by atoms with van der Waals surface area (Å²) in [6, 6.07) is 10.0. The van der Waals surface area contributed by atoms with Crippen LogP contribution in [-0.2, 0) is 0 Å². The summed E-state index contributed by atoms with van der Waals surface area (Å²) in [7, 11) is 0. The molecule has 0 spiro atoms. The van der Waals surface area contributed by atoms with Crippen molar-refractivity contribution in [3.8, 4) is 0 Å². The van der Waals surface area contributed by atoms with Crippen molar-refractivity contribution in [2.75, 3.05) is 0 Å². The highest BCUT2D eigenvalue weighted by molar-refractivity contribution is 9.10. The predicted molar refractivity (Wildman–Crippen MR) is 73.4 cm³/mol. The van der Waals surface area contributed by atoms with Crippen molar-refractivity contribution >= 4 is 21.7 Å². The zero-order chi connectivity index (χ0) is 13.3. The van der Waals surface area contributed by atoms with Crippen molar-refractivity contribution in [2.45, 2.75) is 13.8 Å². The fraction of sp³-hybridized carbons (Fsp3) is 0.133. The van der Waals surface area contributed by atoms with Crippen LogP contribution in [0.3, 0.4) is 0 Å². The zero-order valence-corrected chi connectivity index (χ0v) is 11.7. The van der Waals surface area contributed by atoms with Gasteiger partial charge >= 0.3 is 0 Å². The summed E-state index contributed by atoms with van der Waals surface area (Å²) >= 11 is 3.35. The lowest BCUT2D eigenvalue weighted by Crippen LogP contribution is -2.04. The van der Waals surface area contributed by atoms with Crippen molar-refractivity contribution < 1.29 is 9.18 Å². The van der Waals surface area contributed by atoms with Crippen molar-refractivity contribution in [2.24, 2.45) is 0 Å². The molecule has 2 aromatic carbocycles. The maximum atomic E-state index is 13.5. The van der Waals surface area contributed by atoms with Crippen LogP contribution in [-0.4, -0.2) is 5.78 Å². The molecule has 2 rings (SSSR count). The number of carbonyl (C=O) groups excluding carboxylic acids is 1. The summed E-state index contributed by atoms with van der Waals surface area (Å²) < 4.78 is 14.4. The van der Waals surface area contributed by atoms with E-state index in [0.717, 1.165) is 10.0 Å². The Morgan fingerprint density at radius 2 is 1.78 bits per heavy atom. The normalized spacial score (nSPS) is 10.4. The maximum absolute atomic E-state index is 13.5. The van der Waals surface area contributed by atoms with E-state index in [2.05, 4.69) is 15.9 Å². The number of benzene rings is 2. The van der Waals surface area contributed by atoms with Crippen LogP contribution in [0.2, 0.25) is 0 Å². The second kappa shape index (κ2) is 5.02. The highest BCUT2D eigenvalue weighted by Gasteiger charge is 2.13. The number of halogens is 2. The second-order valence-corrected chi connectivity index (χ2v) is 5.17. The van der Waals surface area contributed by atoms with Crippen molar-refractivity contribution in [3.63, 3.8) is 0 Å². The third-order valence-corrected chi connectivity index (χ3v) is 3.36. The largest absolute Gasteiger partial charge is 0.289 e. The Morgan fingerprint density at radius 1 is 1.06 bits per heavy atom. The molecular weight excluding hydrogens is 295 g/mol. The molecule has 0 aliphatic carbocycles. The second-order valence-electron chi connectivity index (χ2n) is 4.25. The van der Waals surface area contributed by atoms with E-state index in [1.54, 1.807) is 25.1 Å². The highest BCUT2D eigenvalue weighted by Crippen LogP contribution is 2.20. The molecule has 0 N–H and O–H groups in total. The Balaban J connectivity index is 2.44. The molecule has 0 unspecified atom stereocenters. The number of carbonyl (C=O) groups is 1. The molecular formula is C15H12BrFO. The Bertz CT molecular complexity index is 620. The van der Waals surface area contributed by atoms with Gasteiger partial charge in [-0.1, -0.05) is 28.1 Å². The first-order chi connectivity index (χ1) is 8.49. The molecule has 0 fully saturated rings. The quantitative estimate of drug-likeness (QED) is 0.750. The molecule has 0 saturated heterocycles. The van der Waals surface area contributed by atoms with Gasteiger partial charge in [-0.2, -0.15) is 0 Å². The lowest BCUT2D eigenvalue weighted by atomic mass is 9.98. The molecule has 1 nitrogen and oxygen atoms in total. The number of hydrogen-bond acceptors (Lipinski definition) is 1. The molecule has 2 aromatic rings. The molecule has 0 aliphatic heterocycles. The van der Waals surface area contributed by atoms with E-state index < -0.39 is 0 Å². The van der Waals surface area contributed by atoms with Gasteiger partial charge in [-0.3, -0.25) is 4.79 Å². The molecule has 0 heterocycles. The van der Waals surface area contributed by atoms with E-state index in [4.69, 9.17) is 0 Å². The zero-order valence-electron chi connectivity index (χ0n) is 10.1. The van der Waals surface area contributed by atoms with E-state index in [0.29, 0.717) is 16.7 Å². The van der Waals surface area contributed by atoms with Crippen molar-refractivity contribution in [1.29, 1.82) is 0 Å². The van der Waals surface area contributed by atoms with Crippen molar-refractivity contribution in [1.82, 2.24) is 0 Å². The predicted octanol–water partition coefficient (Wildman–Crippen LogP) is 4.44. The lowest BCUT2D eigenvalue weighted by molar-refractivity contribution is 0.103.